The SMILES string of the molecule is CC1CC(O)(c2cscc2Br)CC(C)O1. The van der Waals surface area contributed by atoms with Gasteiger partial charge in [0.2, 0.25) is 0 Å². The summed E-state index contributed by atoms with van der Waals surface area (Å²) in [4.78, 5) is 0. The van der Waals surface area contributed by atoms with Gasteiger partial charge in [-0.2, -0.15) is 11.3 Å². The number of hydrogen-bond acceptors (Lipinski definition) is 3. The van der Waals surface area contributed by atoms with E-state index in [0.29, 0.717) is 12.8 Å². The maximum absolute atomic E-state index is 10.6. The van der Waals surface area contributed by atoms with Gasteiger partial charge in [-0.05, 0) is 35.2 Å². The smallest absolute Gasteiger partial charge is 0.0964 e. The molecule has 0 bridgehead atoms. The molecule has 2 unspecified atom stereocenters. The van der Waals surface area contributed by atoms with E-state index in [1.807, 2.05) is 24.6 Å². The quantitative estimate of drug-likeness (QED) is 0.860. The number of ether oxygens (including phenoxy) is 1. The summed E-state index contributed by atoms with van der Waals surface area (Å²) in [5.41, 5.74) is 0.283. The Bertz CT molecular complexity index is 340. The predicted octanol–water partition coefficient (Wildman–Crippen LogP) is 3.29. The molecule has 0 amide bonds. The number of rotatable bonds is 1. The van der Waals surface area contributed by atoms with Crippen LogP contribution in [0.15, 0.2) is 15.2 Å². The lowest BCUT2D eigenvalue weighted by Crippen LogP contribution is -2.41. The van der Waals surface area contributed by atoms with Gasteiger partial charge in [-0.3, -0.25) is 0 Å². The standard InChI is InChI=1S/C11H15BrO2S/c1-7-3-11(13,4-8(2)14-7)9-5-15-6-10(9)12/h5-8,13H,3-4H2,1-2H3. The minimum Gasteiger partial charge on any atom is -0.385 e. The monoisotopic (exact) mass is 290 g/mol. The first-order valence-electron chi connectivity index (χ1n) is 5.11. The van der Waals surface area contributed by atoms with Crippen molar-refractivity contribution in [3.8, 4) is 0 Å². The van der Waals surface area contributed by atoms with Crippen LogP contribution in [-0.4, -0.2) is 17.3 Å². The van der Waals surface area contributed by atoms with E-state index < -0.39 is 5.60 Å². The van der Waals surface area contributed by atoms with Gasteiger partial charge in [0.25, 0.3) is 0 Å². The van der Waals surface area contributed by atoms with Gasteiger partial charge in [0.1, 0.15) is 0 Å². The minimum atomic E-state index is -0.726. The maximum Gasteiger partial charge on any atom is 0.0964 e. The van der Waals surface area contributed by atoms with E-state index in [1.165, 1.54) is 0 Å². The van der Waals surface area contributed by atoms with Crippen molar-refractivity contribution in [2.45, 2.75) is 44.5 Å². The van der Waals surface area contributed by atoms with Gasteiger partial charge in [-0.25, -0.2) is 0 Å². The van der Waals surface area contributed by atoms with Gasteiger partial charge in [0.05, 0.1) is 17.8 Å². The Morgan fingerprint density at radius 3 is 2.47 bits per heavy atom. The lowest BCUT2D eigenvalue weighted by molar-refractivity contribution is -0.135. The van der Waals surface area contributed by atoms with E-state index in [-0.39, 0.29) is 12.2 Å². The average Bonchev–Trinajstić information content (AvgIpc) is 2.48. The highest BCUT2D eigenvalue weighted by molar-refractivity contribution is 9.10. The highest BCUT2D eigenvalue weighted by Gasteiger charge is 2.39. The van der Waals surface area contributed by atoms with Gasteiger partial charge < -0.3 is 9.84 Å². The molecule has 1 aromatic rings. The van der Waals surface area contributed by atoms with Crippen LogP contribution in [0.2, 0.25) is 0 Å². The first-order chi connectivity index (χ1) is 7.01. The topological polar surface area (TPSA) is 29.5 Å². The summed E-state index contributed by atoms with van der Waals surface area (Å²) < 4.78 is 6.66. The molecule has 0 spiro atoms. The Hall–Kier alpha value is 0.1000. The molecule has 2 rings (SSSR count). The van der Waals surface area contributed by atoms with E-state index in [9.17, 15) is 5.11 Å². The molecule has 1 N–H and O–H groups in total. The third kappa shape index (κ3) is 2.28. The molecule has 0 radical (unpaired) electrons. The molecule has 2 heterocycles. The predicted molar refractivity (Wildman–Crippen MR) is 65.2 cm³/mol. The Labute approximate surface area is 102 Å². The van der Waals surface area contributed by atoms with Crippen LogP contribution in [0.25, 0.3) is 0 Å². The molecule has 1 aromatic heterocycles. The Morgan fingerprint density at radius 2 is 2.00 bits per heavy atom. The second-order valence-electron chi connectivity index (χ2n) is 4.33. The summed E-state index contributed by atoms with van der Waals surface area (Å²) in [6, 6.07) is 0. The lowest BCUT2D eigenvalue weighted by Gasteiger charge is -2.39. The van der Waals surface area contributed by atoms with Gasteiger partial charge in [0, 0.05) is 28.3 Å². The molecule has 1 fully saturated rings. The zero-order valence-corrected chi connectivity index (χ0v) is 11.3. The second-order valence-corrected chi connectivity index (χ2v) is 5.93. The first kappa shape index (κ1) is 11.6. The van der Waals surface area contributed by atoms with Crippen LogP contribution < -0.4 is 0 Å². The number of hydrogen-bond donors (Lipinski definition) is 1. The minimum absolute atomic E-state index is 0.116. The van der Waals surface area contributed by atoms with E-state index in [4.69, 9.17) is 4.74 Å². The fraction of sp³-hybridized carbons (Fsp3) is 0.636. The van der Waals surface area contributed by atoms with Crippen molar-refractivity contribution in [3.05, 3.63) is 20.8 Å². The van der Waals surface area contributed by atoms with Crippen molar-refractivity contribution in [2.75, 3.05) is 0 Å². The molecule has 1 saturated heterocycles. The number of thiophene rings is 1. The van der Waals surface area contributed by atoms with Crippen molar-refractivity contribution >= 4 is 27.3 Å². The van der Waals surface area contributed by atoms with E-state index in [1.54, 1.807) is 11.3 Å². The highest BCUT2D eigenvalue weighted by Crippen LogP contribution is 2.41. The van der Waals surface area contributed by atoms with Crippen molar-refractivity contribution in [1.29, 1.82) is 0 Å². The Balaban J connectivity index is 2.29. The first-order valence-corrected chi connectivity index (χ1v) is 6.85. The van der Waals surface area contributed by atoms with Crippen LogP contribution in [0, 0.1) is 0 Å². The molecular formula is C11H15BrO2S. The fourth-order valence-corrected chi connectivity index (χ4v) is 4.12. The van der Waals surface area contributed by atoms with Crippen molar-refractivity contribution in [3.63, 3.8) is 0 Å². The molecule has 0 aliphatic carbocycles. The molecule has 0 aromatic carbocycles. The van der Waals surface area contributed by atoms with Crippen molar-refractivity contribution in [2.24, 2.45) is 0 Å². The lowest BCUT2D eigenvalue weighted by atomic mass is 9.83. The average molecular weight is 291 g/mol. The van der Waals surface area contributed by atoms with Crippen LogP contribution in [0.1, 0.15) is 32.3 Å². The molecular weight excluding hydrogens is 276 g/mol. The molecule has 0 saturated carbocycles. The van der Waals surface area contributed by atoms with Crippen molar-refractivity contribution < 1.29 is 9.84 Å². The summed E-state index contributed by atoms with van der Waals surface area (Å²) in [5.74, 6) is 0. The van der Waals surface area contributed by atoms with Crippen LogP contribution >= 0.6 is 27.3 Å². The molecule has 1 aliphatic heterocycles. The van der Waals surface area contributed by atoms with Gasteiger partial charge in [-0.1, -0.05) is 0 Å². The number of aliphatic hydroxyl groups is 1. The summed E-state index contributed by atoms with van der Waals surface area (Å²) in [5, 5.41) is 14.7. The fourth-order valence-electron chi connectivity index (χ4n) is 2.36. The number of halogens is 1. The highest BCUT2D eigenvalue weighted by atomic mass is 79.9. The summed E-state index contributed by atoms with van der Waals surface area (Å²) in [6.45, 7) is 4.03. The molecule has 84 valence electrons. The third-order valence-electron chi connectivity index (χ3n) is 2.83. The van der Waals surface area contributed by atoms with Gasteiger partial charge in [-0.15, -0.1) is 0 Å². The van der Waals surface area contributed by atoms with Crippen LogP contribution in [0.3, 0.4) is 0 Å². The molecule has 2 atom stereocenters. The second kappa shape index (κ2) is 4.17. The molecule has 15 heavy (non-hydrogen) atoms. The Morgan fingerprint density at radius 1 is 1.40 bits per heavy atom. The van der Waals surface area contributed by atoms with E-state index in [0.717, 1.165) is 10.0 Å². The van der Waals surface area contributed by atoms with E-state index >= 15 is 0 Å². The zero-order chi connectivity index (χ0) is 11.1. The van der Waals surface area contributed by atoms with Gasteiger partial charge in [0.15, 0.2) is 0 Å². The molecule has 4 heteroatoms. The van der Waals surface area contributed by atoms with Crippen molar-refractivity contribution in [1.82, 2.24) is 0 Å². The maximum atomic E-state index is 10.6. The Kier molecular flexibility index (Phi) is 3.22. The summed E-state index contributed by atoms with van der Waals surface area (Å²) >= 11 is 5.10. The molecule has 2 nitrogen and oxygen atoms in total. The summed E-state index contributed by atoms with van der Waals surface area (Å²) in [7, 11) is 0. The largest absolute Gasteiger partial charge is 0.385 e. The van der Waals surface area contributed by atoms with Crippen LogP contribution in [0.5, 0.6) is 0 Å². The van der Waals surface area contributed by atoms with Crippen LogP contribution in [-0.2, 0) is 10.3 Å². The van der Waals surface area contributed by atoms with Gasteiger partial charge >= 0.3 is 0 Å². The van der Waals surface area contributed by atoms with Crippen LogP contribution in [0.4, 0.5) is 0 Å². The third-order valence-corrected chi connectivity index (χ3v) is 4.53. The zero-order valence-electron chi connectivity index (χ0n) is 8.87. The normalized spacial score (nSPS) is 36.8. The summed E-state index contributed by atoms with van der Waals surface area (Å²) in [6.07, 6.45) is 1.58. The molecule has 1 aliphatic rings. The van der Waals surface area contributed by atoms with E-state index in [2.05, 4.69) is 15.9 Å².